The summed E-state index contributed by atoms with van der Waals surface area (Å²) in [6.45, 7) is 14.3. The van der Waals surface area contributed by atoms with E-state index in [1.54, 1.807) is 53.9 Å². The summed E-state index contributed by atoms with van der Waals surface area (Å²) < 4.78 is 30.8. The van der Waals surface area contributed by atoms with E-state index in [9.17, 15) is 33.6 Å². The number of thioether (sulfide) groups is 1. The predicted molar refractivity (Wildman–Crippen MR) is 293 cm³/mol. The van der Waals surface area contributed by atoms with Gasteiger partial charge in [-0.25, -0.2) is 19.2 Å². The molecule has 78 heavy (non-hydrogen) atoms. The van der Waals surface area contributed by atoms with Crippen LogP contribution in [0.15, 0.2) is 107 Å². The number of pyridine rings is 2. The summed E-state index contributed by atoms with van der Waals surface area (Å²) in [6.07, 6.45) is 3.64. The molecule has 6 atom stereocenters. The minimum atomic E-state index is -0.803. The SMILES string of the molecule is COC(=O)[C@@H]1C[C@@H](C(=O)Sc2ccc(C)cc2)CN1C(=O)OC(C)(C)C.COC(=O)[C@@H]1C[C@@H](CO)CN1C(=O)OC(C)(C)C.COC(=O)[C@@H]1C[C@@H](COc2ccnc3ccccc23)CN1.O=c1cc[nH]c2ccccc12.[B].[H-].[Na+]. The van der Waals surface area contributed by atoms with Crippen LogP contribution in [0.2, 0.25) is 0 Å². The molecule has 0 spiro atoms. The van der Waals surface area contributed by atoms with Gasteiger partial charge in [-0.15, -0.1) is 0 Å². The maximum absolute atomic E-state index is 12.6. The first-order valence-corrected chi connectivity index (χ1v) is 25.7. The largest absolute Gasteiger partial charge is 1.00 e. The van der Waals surface area contributed by atoms with Crippen molar-refractivity contribution in [3.8, 4) is 5.75 Å². The molecule has 8 rings (SSSR count). The van der Waals surface area contributed by atoms with Crippen LogP contribution >= 0.6 is 11.8 Å². The van der Waals surface area contributed by atoms with Crippen molar-refractivity contribution in [2.75, 3.05) is 54.2 Å². The van der Waals surface area contributed by atoms with Crippen molar-refractivity contribution in [2.45, 2.75) is 102 Å². The molecule has 19 nitrogen and oxygen atoms in total. The van der Waals surface area contributed by atoms with Gasteiger partial charge in [-0.1, -0.05) is 53.7 Å². The van der Waals surface area contributed by atoms with Gasteiger partial charge >= 0.3 is 59.7 Å². The number of ether oxygens (including phenoxy) is 6. The van der Waals surface area contributed by atoms with Gasteiger partial charge < -0.3 is 45.3 Å². The second kappa shape index (κ2) is 31.0. The molecule has 0 aliphatic carbocycles. The zero-order valence-electron chi connectivity index (χ0n) is 47.4. The average molecular weight is 1110 g/mol. The number of H-pyrrole nitrogens is 1. The number of hydrogen-bond donors (Lipinski definition) is 3. The molecule has 3 aliphatic heterocycles. The van der Waals surface area contributed by atoms with Crippen molar-refractivity contribution in [3.63, 3.8) is 0 Å². The minimum Gasteiger partial charge on any atom is -1.00 e. The van der Waals surface area contributed by atoms with Gasteiger partial charge in [-0.3, -0.25) is 29.2 Å². The maximum Gasteiger partial charge on any atom is 1.00 e. The Morgan fingerprint density at radius 1 is 0.718 bits per heavy atom. The number of nitrogens with one attached hydrogen (secondary N) is 2. The molecule has 2 amide bonds. The summed E-state index contributed by atoms with van der Waals surface area (Å²) in [4.78, 5) is 94.1. The number of likely N-dealkylation sites (tertiary alicyclic amines) is 2. The number of carbonyl (C=O) groups excluding carboxylic acids is 6. The third kappa shape index (κ3) is 19.7. The molecule has 22 heteroatoms. The summed E-state index contributed by atoms with van der Waals surface area (Å²) in [7, 11) is 3.96. The van der Waals surface area contributed by atoms with E-state index in [2.05, 4.69) is 20.0 Å². The van der Waals surface area contributed by atoms with Crippen LogP contribution in [0.5, 0.6) is 5.75 Å². The molecule has 3 radical (unpaired) electrons. The molecular formula is C56H72BN5NaO14S. The summed E-state index contributed by atoms with van der Waals surface area (Å²) in [6, 6.07) is 24.7. The van der Waals surface area contributed by atoms with Crippen LogP contribution in [0.3, 0.4) is 0 Å². The number of aryl methyl sites for hydroxylation is 1. The maximum atomic E-state index is 12.6. The number of nitrogens with zero attached hydrogens (tertiary/aromatic N) is 3. The topological polar surface area (TPSA) is 242 Å². The van der Waals surface area contributed by atoms with Gasteiger partial charge in [-0.05, 0) is 110 Å². The number of aliphatic hydroxyl groups excluding tert-OH is 1. The summed E-state index contributed by atoms with van der Waals surface area (Å²) in [5, 5.41) is 14.0. The molecule has 415 valence electrons. The standard InChI is InChI=1S/C19H25NO5S.C16H18N2O3.C12H21NO5.C9H7NO.B.Na.H/c1-12-6-8-14(9-7-12)26-17(22)13-10-15(16(21)24-5)20(11-13)18(23)25-19(2,3)4;1-20-16(19)14-8-11(9-18-14)10-21-15-6-7-17-13-5-3-2-4-12(13)15;1-12(2,3)18-11(16)13-6-8(7-14)5-9(13)10(15)17-4;11-9-5-6-10-8-4-2-1-3-7(8)9;;;/h6-9,13,15H,10-11H2,1-5H3;2-7,11,14,18H,8-10H2,1H3;8-9,14H,5-7H2,1-4H3;1-6H,(H,10,11);;;/q;;;;;+1;-1/t13-,15+;11-,14+;8-,9+;;;;/m111..../s1. The number of aromatic nitrogens is 2. The van der Waals surface area contributed by atoms with Gasteiger partial charge in [0, 0.05) is 92.1 Å². The van der Waals surface area contributed by atoms with Crippen molar-refractivity contribution in [2.24, 2.45) is 17.8 Å². The number of aliphatic hydroxyl groups is 1. The zero-order valence-corrected chi connectivity index (χ0v) is 49.3. The molecule has 3 aliphatic rings. The third-order valence-corrected chi connectivity index (χ3v) is 13.2. The Labute approximate surface area is 485 Å². The molecule has 0 saturated carbocycles. The van der Waals surface area contributed by atoms with E-state index in [1.807, 2.05) is 85.8 Å². The number of fused-ring (bicyclic) bond motifs is 2. The number of rotatable bonds is 9. The average Bonchev–Trinajstić information content (AvgIpc) is 4.19. The van der Waals surface area contributed by atoms with Gasteiger partial charge in [0.05, 0.1) is 33.5 Å². The number of amides is 2. The quantitative estimate of drug-likeness (QED) is 0.0810. The van der Waals surface area contributed by atoms with E-state index in [1.165, 1.54) is 37.2 Å². The first kappa shape index (κ1) is 66.3. The normalized spacial score (nSPS) is 19.4. The Bertz CT molecular complexity index is 2840. The fourth-order valence-electron chi connectivity index (χ4n) is 8.41. The Hall–Kier alpha value is -5.97. The fourth-order valence-corrected chi connectivity index (χ4v) is 9.25. The van der Waals surface area contributed by atoms with E-state index >= 15 is 0 Å². The van der Waals surface area contributed by atoms with Gasteiger partial charge in [-0.2, -0.15) is 0 Å². The van der Waals surface area contributed by atoms with Crippen molar-refractivity contribution in [1.29, 1.82) is 0 Å². The van der Waals surface area contributed by atoms with Crippen LogP contribution < -0.4 is 45.0 Å². The van der Waals surface area contributed by atoms with Crippen LogP contribution in [0.25, 0.3) is 21.8 Å². The Morgan fingerprint density at radius 2 is 1.28 bits per heavy atom. The van der Waals surface area contributed by atoms with Crippen molar-refractivity contribution >= 4 is 77.2 Å². The number of para-hydroxylation sites is 2. The zero-order chi connectivity index (χ0) is 55.7. The molecule has 3 aromatic carbocycles. The van der Waals surface area contributed by atoms with E-state index in [-0.39, 0.29) is 87.4 Å². The Morgan fingerprint density at radius 3 is 1.86 bits per heavy atom. The first-order valence-electron chi connectivity index (χ1n) is 24.9. The summed E-state index contributed by atoms with van der Waals surface area (Å²) >= 11 is 1.13. The molecule has 0 unspecified atom stereocenters. The van der Waals surface area contributed by atoms with Crippen LogP contribution in [0.4, 0.5) is 9.59 Å². The van der Waals surface area contributed by atoms with Crippen LogP contribution in [-0.4, -0.2) is 152 Å². The van der Waals surface area contributed by atoms with Crippen LogP contribution in [0.1, 0.15) is 67.8 Å². The second-order valence-electron chi connectivity index (χ2n) is 20.4. The fraction of sp³-hybridized carbons (Fsp3) is 0.464. The molecule has 5 heterocycles. The van der Waals surface area contributed by atoms with Crippen molar-refractivity contribution in [3.05, 3.63) is 113 Å². The smallest absolute Gasteiger partial charge is 1.00 e. The molecule has 2 aromatic heterocycles. The van der Waals surface area contributed by atoms with Crippen LogP contribution in [-0.2, 0) is 42.9 Å². The van der Waals surface area contributed by atoms with Crippen molar-refractivity contribution in [1.82, 2.24) is 25.1 Å². The van der Waals surface area contributed by atoms with Crippen molar-refractivity contribution < 1.29 is 93.3 Å². The molecular weight excluding hydrogens is 1030 g/mol. The molecule has 5 aromatic rings. The summed E-state index contributed by atoms with van der Waals surface area (Å²) in [5.74, 6) is -0.627. The first-order chi connectivity index (χ1) is 36.0. The molecule has 3 saturated heterocycles. The minimum absolute atomic E-state index is 0. The number of aromatic amines is 1. The number of carbonyl (C=O) groups is 6. The molecule has 3 fully saturated rings. The second-order valence-corrected chi connectivity index (χ2v) is 21.5. The van der Waals surface area contributed by atoms with E-state index in [4.69, 9.17) is 28.8 Å². The predicted octanol–water partition coefficient (Wildman–Crippen LogP) is 4.22. The molecule has 0 bridgehead atoms. The number of esters is 3. The Kier molecular flexibility index (Phi) is 26.3. The van der Waals surface area contributed by atoms with Gasteiger partial charge in [0.25, 0.3) is 0 Å². The van der Waals surface area contributed by atoms with E-state index in [0.29, 0.717) is 25.5 Å². The number of methoxy groups -OCH3 is 3. The van der Waals surface area contributed by atoms with Gasteiger partial charge in [0.15, 0.2) is 10.5 Å². The number of hydrogen-bond acceptors (Lipinski definition) is 17. The Balaban J connectivity index is 0.000000367. The third-order valence-electron chi connectivity index (χ3n) is 12.2. The van der Waals surface area contributed by atoms with E-state index < -0.39 is 53.3 Å². The monoisotopic (exact) mass is 1100 g/mol. The van der Waals surface area contributed by atoms with Gasteiger partial charge in [0.2, 0.25) is 0 Å². The molecule has 3 N–H and O–H groups in total. The van der Waals surface area contributed by atoms with E-state index in [0.717, 1.165) is 62.7 Å². The van der Waals surface area contributed by atoms with Gasteiger partial charge in [0.1, 0.15) is 35.1 Å². The van der Waals surface area contributed by atoms with Crippen LogP contribution in [0, 0.1) is 24.7 Å². The number of benzene rings is 3. The summed E-state index contributed by atoms with van der Waals surface area (Å²) in [5.41, 5.74) is 1.70.